The highest BCUT2D eigenvalue weighted by atomic mass is 16.5. The summed E-state index contributed by atoms with van der Waals surface area (Å²) >= 11 is 0. The van der Waals surface area contributed by atoms with Crippen LogP contribution in [0.25, 0.3) is 11.0 Å². The summed E-state index contributed by atoms with van der Waals surface area (Å²) in [4.78, 5) is 11.8. The molecule has 4 heteroatoms. The zero-order valence-electron chi connectivity index (χ0n) is 14.0. The molecule has 2 aromatic rings. The predicted molar refractivity (Wildman–Crippen MR) is 91.9 cm³/mol. The summed E-state index contributed by atoms with van der Waals surface area (Å²) in [6.45, 7) is 6.40. The average molecular weight is 315 g/mol. The molecule has 3 rings (SSSR count). The molecule has 1 N–H and O–H groups in total. The lowest BCUT2D eigenvalue weighted by molar-refractivity contribution is 0.0770. The third-order valence-electron chi connectivity index (χ3n) is 4.31. The molecule has 1 aromatic heterocycles. The van der Waals surface area contributed by atoms with Crippen molar-refractivity contribution in [3.05, 3.63) is 45.3 Å². The van der Waals surface area contributed by atoms with Crippen molar-refractivity contribution < 1.29 is 9.15 Å². The molecule has 0 fully saturated rings. The molecule has 0 saturated heterocycles. The van der Waals surface area contributed by atoms with Crippen LogP contribution in [0.2, 0.25) is 0 Å². The molecule has 0 radical (unpaired) electrons. The number of hydrogen-bond donors (Lipinski definition) is 1. The van der Waals surface area contributed by atoms with Crippen LogP contribution in [-0.2, 0) is 24.1 Å². The largest absolute Gasteiger partial charge is 0.423 e. The molecular formula is C19H25NO3. The van der Waals surface area contributed by atoms with Gasteiger partial charge in [-0.1, -0.05) is 0 Å². The lowest BCUT2D eigenvalue weighted by atomic mass is 10.0. The summed E-state index contributed by atoms with van der Waals surface area (Å²) in [7, 11) is 0. The highest BCUT2D eigenvalue weighted by Crippen LogP contribution is 2.28. The average Bonchev–Trinajstić information content (AvgIpc) is 2.95. The second-order valence-electron chi connectivity index (χ2n) is 6.51. The van der Waals surface area contributed by atoms with E-state index in [0.717, 1.165) is 48.9 Å². The fraction of sp³-hybridized carbons (Fsp3) is 0.526. The van der Waals surface area contributed by atoms with E-state index < -0.39 is 0 Å². The van der Waals surface area contributed by atoms with Crippen molar-refractivity contribution in [3.8, 4) is 0 Å². The molecule has 0 aliphatic heterocycles. The third-order valence-corrected chi connectivity index (χ3v) is 4.31. The van der Waals surface area contributed by atoms with Crippen molar-refractivity contribution in [1.29, 1.82) is 0 Å². The Morgan fingerprint density at radius 3 is 2.78 bits per heavy atom. The van der Waals surface area contributed by atoms with Gasteiger partial charge in [0.2, 0.25) is 0 Å². The number of hydrogen-bond acceptors (Lipinski definition) is 4. The molecule has 0 unspecified atom stereocenters. The van der Waals surface area contributed by atoms with Crippen molar-refractivity contribution in [2.45, 2.75) is 52.2 Å². The number of rotatable bonds is 7. The van der Waals surface area contributed by atoms with Crippen molar-refractivity contribution in [2.75, 3.05) is 13.2 Å². The summed E-state index contributed by atoms with van der Waals surface area (Å²) in [5.41, 5.74) is 4.21. The number of fused-ring (bicyclic) bond motifs is 2. The molecule has 0 saturated carbocycles. The SMILES string of the molecule is CC(C)OCCCNCc1cc(=O)oc2cc3c(cc12)CCC3. The summed E-state index contributed by atoms with van der Waals surface area (Å²) < 4.78 is 10.9. The molecule has 1 heterocycles. The van der Waals surface area contributed by atoms with Crippen LogP contribution in [-0.4, -0.2) is 19.3 Å². The Hall–Kier alpha value is -1.65. The number of aryl methyl sites for hydroxylation is 2. The van der Waals surface area contributed by atoms with E-state index in [1.807, 2.05) is 13.8 Å². The summed E-state index contributed by atoms with van der Waals surface area (Å²) in [5, 5.41) is 4.47. The van der Waals surface area contributed by atoms with Crippen molar-refractivity contribution in [2.24, 2.45) is 0 Å². The summed E-state index contributed by atoms with van der Waals surface area (Å²) in [6, 6.07) is 5.87. The maximum Gasteiger partial charge on any atom is 0.336 e. The molecule has 4 nitrogen and oxygen atoms in total. The first-order chi connectivity index (χ1) is 11.1. The van der Waals surface area contributed by atoms with Gasteiger partial charge in [-0.15, -0.1) is 0 Å². The second kappa shape index (κ2) is 7.28. The van der Waals surface area contributed by atoms with E-state index in [-0.39, 0.29) is 11.7 Å². The zero-order chi connectivity index (χ0) is 16.2. The van der Waals surface area contributed by atoms with Crippen molar-refractivity contribution in [1.82, 2.24) is 5.32 Å². The zero-order valence-corrected chi connectivity index (χ0v) is 14.0. The Bertz CT molecular complexity index is 733. The highest BCUT2D eigenvalue weighted by molar-refractivity contribution is 5.82. The summed E-state index contributed by atoms with van der Waals surface area (Å²) in [5.74, 6) is 0. The van der Waals surface area contributed by atoms with Crippen LogP contribution in [0.5, 0.6) is 0 Å². The molecule has 0 amide bonds. The van der Waals surface area contributed by atoms with Crippen LogP contribution in [0, 0.1) is 0 Å². The summed E-state index contributed by atoms with van der Waals surface area (Å²) in [6.07, 6.45) is 4.66. The van der Waals surface area contributed by atoms with E-state index in [1.54, 1.807) is 6.07 Å². The number of ether oxygens (including phenoxy) is 1. The lowest BCUT2D eigenvalue weighted by Gasteiger charge is -2.10. The molecule has 124 valence electrons. The minimum absolute atomic E-state index is 0.268. The standard InChI is InChI=1S/C19H25NO3/c1-13(2)22-8-4-7-20-12-16-11-19(21)23-18-10-15-6-3-5-14(15)9-17(16)18/h9-11,13,20H,3-8,12H2,1-2H3. The molecule has 0 atom stereocenters. The molecule has 1 aliphatic carbocycles. The Kier molecular flexibility index (Phi) is 5.13. The van der Waals surface area contributed by atoms with Gasteiger partial charge >= 0.3 is 5.63 Å². The van der Waals surface area contributed by atoms with Crippen LogP contribution in [0.15, 0.2) is 27.4 Å². The van der Waals surface area contributed by atoms with Crippen molar-refractivity contribution in [3.63, 3.8) is 0 Å². The molecule has 1 aliphatic rings. The Labute approximate surface area is 136 Å². The van der Waals surface area contributed by atoms with Gasteiger partial charge in [-0.3, -0.25) is 0 Å². The van der Waals surface area contributed by atoms with Gasteiger partial charge in [-0.2, -0.15) is 0 Å². The smallest absolute Gasteiger partial charge is 0.336 e. The van der Waals surface area contributed by atoms with Gasteiger partial charge in [-0.25, -0.2) is 4.79 Å². The van der Waals surface area contributed by atoms with Gasteiger partial charge in [0.25, 0.3) is 0 Å². The lowest BCUT2D eigenvalue weighted by Crippen LogP contribution is -2.18. The van der Waals surface area contributed by atoms with Gasteiger partial charge in [-0.05, 0) is 74.9 Å². The molecule has 1 aromatic carbocycles. The van der Waals surface area contributed by atoms with Crippen LogP contribution >= 0.6 is 0 Å². The van der Waals surface area contributed by atoms with E-state index in [2.05, 4.69) is 17.4 Å². The van der Waals surface area contributed by atoms with E-state index >= 15 is 0 Å². The van der Waals surface area contributed by atoms with Crippen LogP contribution in [0.1, 0.15) is 43.4 Å². The topological polar surface area (TPSA) is 51.5 Å². The fourth-order valence-electron chi connectivity index (χ4n) is 3.18. The third kappa shape index (κ3) is 4.01. The van der Waals surface area contributed by atoms with Gasteiger partial charge in [0.15, 0.2) is 0 Å². The highest BCUT2D eigenvalue weighted by Gasteiger charge is 2.14. The monoisotopic (exact) mass is 315 g/mol. The van der Waals surface area contributed by atoms with Gasteiger partial charge in [0, 0.05) is 24.6 Å². The maximum atomic E-state index is 11.8. The van der Waals surface area contributed by atoms with E-state index in [1.165, 1.54) is 17.5 Å². The number of nitrogens with one attached hydrogen (secondary N) is 1. The second-order valence-corrected chi connectivity index (χ2v) is 6.51. The van der Waals surface area contributed by atoms with Gasteiger partial charge < -0.3 is 14.5 Å². The molecular weight excluding hydrogens is 290 g/mol. The van der Waals surface area contributed by atoms with Crippen LogP contribution in [0.3, 0.4) is 0 Å². The first-order valence-electron chi connectivity index (χ1n) is 8.54. The first kappa shape index (κ1) is 16.2. The van der Waals surface area contributed by atoms with E-state index in [4.69, 9.17) is 9.15 Å². The first-order valence-corrected chi connectivity index (χ1v) is 8.54. The quantitative estimate of drug-likeness (QED) is 0.630. The molecule has 0 spiro atoms. The minimum atomic E-state index is -0.268. The van der Waals surface area contributed by atoms with Crippen LogP contribution in [0.4, 0.5) is 0 Å². The van der Waals surface area contributed by atoms with Crippen molar-refractivity contribution >= 4 is 11.0 Å². The predicted octanol–water partition coefficient (Wildman–Crippen LogP) is 3.19. The van der Waals surface area contributed by atoms with Gasteiger partial charge in [0.1, 0.15) is 5.58 Å². The Balaban J connectivity index is 1.69. The minimum Gasteiger partial charge on any atom is -0.423 e. The maximum absolute atomic E-state index is 11.8. The Morgan fingerprint density at radius 2 is 2.00 bits per heavy atom. The number of benzene rings is 1. The van der Waals surface area contributed by atoms with E-state index in [0.29, 0.717) is 6.54 Å². The Morgan fingerprint density at radius 1 is 1.22 bits per heavy atom. The molecule has 23 heavy (non-hydrogen) atoms. The normalized spacial score (nSPS) is 13.9. The van der Waals surface area contributed by atoms with E-state index in [9.17, 15) is 4.79 Å². The van der Waals surface area contributed by atoms with Gasteiger partial charge in [0.05, 0.1) is 6.10 Å². The molecule has 0 bridgehead atoms. The van der Waals surface area contributed by atoms with Crippen LogP contribution < -0.4 is 10.9 Å². The fourth-order valence-corrected chi connectivity index (χ4v) is 3.18.